The van der Waals surface area contributed by atoms with Gasteiger partial charge in [0.15, 0.2) is 6.10 Å². The summed E-state index contributed by atoms with van der Waals surface area (Å²) in [4.78, 5) is 35.9. The highest BCUT2D eigenvalue weighted by Gasteiger charge is 2.51. The third-order valence-corrected chi connectivity index (χ3v) is 14.7. The minimum Gasteiger partial charge on any atom is -0.462 e. The quantitative estimate of drug-likeness (QED) is 0.0191. The highest BCUT2D eigenvalue weighted by molar-refractivity contribution is 7.47. The van der Waals surface area contributed by atoms with Gasteiger partial charge in [0.25, 0.3) is 0 Å². The summed E-state index contributed by atoms with van der Waals surface area (Å²) in [6, 6.07) is 0. The Morgan fingerprint density at radius 3 is 0.971 bits per heavy atom. The number of carbonyl (C=O) groups excluding carboxylic acids is 2. The fourth-order valence-corrected chi connectivity index (χ4v) is 10.1. The highest BCUT2D eigenvalue weighted by atomic mass is 31.2. The van der Waals surface area contributed by atoms with Crippen LogP contribution in [0.3, 0.4) is 0 Å². The number of phosphoric ester groups is 1. The molecule has 1 fully saturated rings. The first-order valence-electron chi connectivity index (χ1n) is 28.3. The van der Waals surface area contributed by atoms with Gasteiger partial charge >= 0.3 is 19.8 Å². The summed E-state index contributed by atoms with van der Waals surface area (Å²) in [6.07, 6.45) is 35.8. The summed E-state index contributed by atoms with van der Waals surface area (Å²) in [6.45, 7) is 3.37. The van der Waals surface area contributed by atoms with E-state index in [-0.39, 0.29) is 12.8 Å². The van der Waals surface area contributed by atoms with Crippen molar-refractivity contribution in [1.82, 2.24) is 0 Å². The number of rotatable bonds is 49. The normalized spacial score (nSPS) is 20.9. The molecule has 0 amide bonds. The third kappa shape index (κ3) is 35.9. The standard InChI is InChI=1S/C54H105O13P/c1-3-5-7-9-11-13-15-17-19-21-22-23-24-25-27-29-31-33-35-37-39-41-43-48(56)66-46(45-65-68(62,63)67-54-52(60)50(58)49(57)51(59)53(54)61)44-64-47(55)42-40-38-36-34-32-30-28-26-20-18-16-14-12-10-8-6-4-2/h46,49-54,57-61H,3-45H2,1-2H3,(H,62,63). The van der Waals surface area contributed by atoms with Gasteiger partial charge in [-0.3, -0.25) is 18.6 Å². The van der Waals surface area contributed by atoms with Gasteiger partial charge in [0.2, 0.25) is 0 Å². The zero-order valence-electron chi connectivity index (χ0n) is 43.4. The molecule has 1 rings (SSSR count). The van der Waals surface area contributed by atoms with Gasteiger partial charge < -0.3 is 39.9 Å². The molecular weight excluding hydrogens is 888 g/mol. The van der Waals surface area contributed by atoms with Crippen molar-refractivity contribution in [2.45, 2.75) is 320 Å². The van der Waals surface area contributed by atoms with Gasteiger partial charge in [0.1, 0.15) is 43.2 Å². The molecule has 0 aromatic heterocycles. The summed E-state index contributed by atoms with van der Waals surface area (Å²) in [7, 11) is -5.12. The molecule has 1 aliphatic carbocycles. The largest absolute Gasteiger partial charge is 0.472 e. The Morgan fingerprint density at radius 2 is 0.662 bits per heavy atom. The van der Waals surface area contributed by atoms with Crippen LogP contribution in [-0.2, 0) is 32.7 Å². The van der Waals surface area contributed by atoms with Crippen LogP contribution < -0.4 is 0 Å². The van der Waals surface area contributed by atoms with E-state index in [4.69, 9.17) is 18.5 Å². The first-order chi connectivity index (χ1) is 32.9. The molecule has 0 spiro atoms. The number of carbonyl (C=O) groups is 2. The number of aliphatic hydroxyl groups excluding tert-OH is 5. The number of hydrogen-bond donors (Lipinski definition) is 6. The number of esters is 2. The smallest absolute Gasteiger partial charge is 0.462 e. The van der Waals surface area contributed by atoms with E-state index in [0.29, 0.717) is 12.8 Å². The van der Waals surface area contributed by atoms with Crippen molar-refractivity contribution in [2.24, 2.45) is 0 Å². The molecule has 14 heteroatoms. The molecule has 6 unspecified atom stereocenters. The molecule has 404 valence electrons. The Bertz CT molecular complexity index is 1190. The van der Waals surface area contributed by atoms with Gasteiger partial charge in [0.05, 0.1) is 6.61 Å². The van der Waals surface area contributed by atoms with E-state index in [9.17, 15) is 44.6 Å². The predicted molar refractivity (Wildman–Crippen MR) is 272 cm³/mol. The summed E-state index contributed by atoms with van der Waals surface area (Å²) in [5.74, 6) is -1.08. The first-order valence-corrected chi connectivity index (χ1v) is 29.8. The van der Waals surface area contributed by atoms with Crippen molar-refractivity contribution in [2.75, 3.05) is 13.2 Å². The second-order valence-electron chi connectivity index (χ2n) is 20.2. The van der Waals surface area contributed by atoms with E-state index in [2.05, 4.69) is 13.8 Å². The second-order valence-corrected chi connectivity index (χ2v) is 21.6. The van der Waals surface area contributed by atoms with Crippen LogP contribution in [0.4, 0.5) is 0 Å². The van der Waals surface area contributed by atoms with E-state index in [1.54, 1.807) is 0 Å². The Morgan fingerprint density at radius 1 is 0.397 bits per heavy atom. The number of unbranched alkanes of at least 4 members (excludes halogenated alkanes) is 37. The molecule has 68 heavy (non-hydrogen) atoms. The van der Waals surface area contributed by atoms with E-state index in [1.165, 1.54) is 199 Å². The van der Waals surface area contributed by atoms with Crippen LogP contribution in [0.2, 0.25) is 0 Å². The fraction of sp³-hybridized carbons (Fsp3) is 0.963. The van der Waals surface area contributed by atoms with Crippen molar-refractivity contribution in [3.8, 4) is 0 Å². The highest BCUT2D eigenvalue weighted by Crippen LogP contribution is 2.47. The zero-order chi connectivity index (χ0) is 49.9. The lowest BCUT2D eigenvalue weighted by Gasteiger charge is -2.41. The predicted octanol–water partition coefficient (Wildman–Crippen LogP) is 12.8. The Labute approximate surface area is 414 Å². The van der Waals surface area contributed by atoms with Crippen LogP contribution in [-0.4, -0.2) is 98.3 Å². The second kappa shape index (κ2) is 44.5. The minimum atomic E-state index is -5.12. The van der Waals surface area contributed by atoms with Crippen molar-refractivity contribution in [3.05, 3.63) is 0 Å². The van der Waals surface area contributed by atoms with Crippen LogP contribution in [0, 0.1) is 0 Å². The van der Waals surface area contributed by atoms with Gasteiger partial charge in [-0.2, -0.15) is 0 Å². The molecule has 0 aromatic carbocycles. The minimum absolute atomic E-state index is 0.106. The summed E-state index contributed by atoms with van der Waals surface area (Å²) < 4.78 is 33.7. The number of phosphoric acid groups is 1. The molecule has 0 heterocycles. The van der Waals surface area contributed by atoms with Gasteiger partial charge in [0, 0.05) is 12.8 Å². The Hall–Kier alpha value is -1.15. The molecule has 0 aliphatic heterocycles. The fourth-order valence-electron chi connectivity index (χ4n) is 9.17. The van der Waals surface area contributed by atoms with E-state index in [1.807, 2.05) is 0 Å². The number of hydrogen-bond acceptors (Lipinski definition) is 12. The summed E-state index contributed by atoms with van der Waals surface area (Å²) in [5, 5.41) is 50.3. The average Bonchev–Trinajstić information content (AvgIpc) is 3.32. The summed E-state index contributed by atoms with van der Waals surface area (Å²) in [5.41, 5.74) is 0. The van der Waals surface area contributed by atoms with Gasteiger partial charge in [-0.25, -0.2) is 4.57 Å². The lowest BCUT2D eigenvalue weighted by Crippen LogP contribution is -2.64. The molecule has 0 saturated heterocycles. The molecule has 6 atom stereocenters. The Balaban J connectivity index is 2.32. The molecule has 1 saturated carbocycles. The topological polar surface area (TPSA) is 210 Å². The Kier molecular flexibility index (Phi) is 42.5. The van der Waals surface area contributed by atoms with E-state index < -0.39 is 75.7 Å². The molecule has 13 nitrogen and oxygen atoms in total. The van der Waals surface area contributed by atoms with E-state index in [0.717, 1.165) is 38.5 Å². The lowest BCUT2D eigenvalue weighted by atomic mass is 9.85. The molecule has 0 bridgehead atoms. The molecule has 0 radical (unpaired) electrons. The third-order valence-electron chi connectivity index (χ3n) is 13.7. The maximum absolute atomic E-state index is 12.9. The van der Waals surface area contributed by atoms with Crippen molar-refractivity contribution < 1.29 is 63.1 Å². The first kappa shape index (κ1) is 64.9. The van der Waals surface area contributed by atoms with Crippen LogP contribution in [0.1, 0.15) is 277 Å². The van der Waals surface area contributed by atoms with Crippen molar-refractivity contribution in [3.63, 3.8) is 0 Å². The molecular formula is C54H105O13P. The summed E-state index contributed by atoms with van der Waals surface area (Å²) >= 11 is 0. The van der Waals surface area contributed by atoms with Gasteiger partial charge in [-0.15, -0.1) is 0 Å². The maximum atomic E-state index is 12.9. The lowest BCUT2D eigenvalue weighted by molar-refractivity contribution is -0.220. The average molecular weight is 993 g/mol. The van der Waals surface area contributed by atoms with Crippen molar-refractivity contribution in [1.29, 1.82) is 0 Å². The number of ether oxygens (including phenoxy) is 2. The SMILES string of the molecule is CCCCCCCCCCCCCCCCCCCCCCCCC(=O)OC(COC(=O)CCCCCCCCCCCCCCCCCCC)COP(=O)(O)OC1C(O)C(O)C(O)C(O)C1O. The zero-order valence-corrected chi connectivity index (χ0v) is 44.3. The van der Waals surface area contributed by atoms with Gasteiger partial charge in [-0.05, 0) is 12.8 Å². The number of aliphatic hydroxyl groups is 5. The molecule has 0 aromatic rings. The van der Waals surface area contributed by atoms with Crippen LogP contribution >= 0.6 is 7.82 Å². The van der Waals surface area contributed by atoms with Crippen LogP contribution in [0.25, 0.3) is 0 Å². The molecule has 1 aliphatic rings. The van der Waals surface area contributed by atoms with Crippen LogP contribution in [0.15, 0.2) is 0 Å². The van der Waals surface area contributed by atoms with Crippen LogP contribution in [0.5, 0.6) is 0 Å². The van der Waals surface area contributed by atoms with Crippen molar-refractivity contribution >= 4 is 19.8 Å². The maximum Gasteiger partial charge on any atom is 0.472 e. The van der Waals surface area contributed by atoms with E-state index >= 15 is 0 Å². The monoisotopic (exact) mass is 993 g/mol. The van der Waals surface area contributed by atoms with Gasteiger partial charge in [-0.1, -0.05) is 251 Å². The molecule has 6 N–H and O–H groups in total.